The highest BCUT2D eigenvalue weighted by Crippen LogP contribution is 2.28. The zero-order valence-corrected chi connectivity index (χ0v) is 19.7. The summed E-state index contributed by atoms with van der Waals surface area (Å²) in [5, 5.41) is 3.78. The maximum absolute atomic E-state index is 13.4. The van der Waals surface area contributed by atoms with Gasteiger partial charge in [0, 0.05) is 50.5 Å². The van der Waals surface area contributed by atoms with Crippen LogP contribution in [0.1, 0.15) is 19.3 Å². The lowest BCUT2D eigenvalue weighted by atomic mass is 9.99. The van der Waals surface area contributed by atoms with Gasteiger partial charge in [0.1, 0.15) is 4.90 Å². The van der Waals surface area contributed by atoms with E-state index in [-0.39, 0.29) is 23.3 Å². The summed E-state index contributed by atoms with van der Waals surface area (Å²) in [6.45, 7) is 1.99. The number of piperidine rings is 1. The van der Waals surface area contributed by atoms with Gasteiger partial charge in [-0.1, -0.05) is 36.4 Å². The number of nitrogens with zero attached hydrogens (tertiary/aromatic N) is 3. The molecule has 3 aromatic rings. The second-order valence-electron chi connectivity index (χ2n) is 8.44. The Morgan fingerprint density at radius 3 is 2.73 bits per heavy atom. The lowest BCUT2D eigenvalue weighted by Gasteiger charge is -2.31. The second kappa shape index (κ2) is 10.3. The number of pyridine rings is 1. The van der Waals surface area contributed by atoms with Gasteiger partial charge in [-0.15, -0.1) is 0 Å². The normalized spacial score (nSPS) is 17.1. The molecule has 1 aliphatic heterocycles. The van der Waals surface area contributed by atoms with Crippen molar-refractivity contribution in [3.05, 3.63) is 66.9 Å². The first-order valence-electron chi connectivity index (χ1n) is 11.3. The standard InChI is InChI=1S/C25H30N4O3S/c1-28(22-12-3-2-4-13-22)17-8-16-27-25(30)21-11-7-18-29(19-21)33(31,32)23-14-5-9-20-10-6-15-26-24(20)23/h2-6,9-10,12-15,21H,7-8,11,16-19H2,1H3,(H,27,30). The summed E-state index contributed by atoms with van der Waals surface area (Å²) >= 11 is 0. The number of sulfonamides is 1. The number of hydrogen-bond acceptors (Lipinski definition) is 5. The van der Waals surface area contributed by atoms with E-state index in [4.69, 9.17) is 0 Å². The highest BCUT2D eigenvalue weighted by Gasteiger charge is 2.34. The van der Waals surface area contributed by atoms with Crippen molar-refractivity contribution in [1.82, 2.24) is 14.6 Å². The molecular formula is C25H30N4O3S. The maximum Gasteiger partial charge on any atom is 0.245 e. The largest absolute Gasteiger partial charge is 0.375 e. The topological polar surface area (TPSA) is 82.6 Å². The molecule has 0 radical (unpaired) electrons. The van der Waals surface area contributed by atoms with Gasteiger partial charge in [-0.25, -0.2) is 8.42 Å². The number of hydrogen-bond donors (Lipinski definition) is 1. The van der Waals surface area contributed by atoms with Crippen LogP contribution >= 0.6 is 0 Å². The van der Waals surface area contributed by atoms with Gasteiger partial charge in [0.2, 0.25) is 15.9 Å². The zero-order chi connectivity index (χ0) is 23.3. The maximum atomic E-state index is 13.4. The van der Waals surface area contributed by atoms with Crippen molar-refractivity contribution in [2.24, 2.45) is 5.92 Å². The van der Waals surface area contributed by atoms with Gasteiger partial charge >= 0.3 is 0 Å². The quantitative estimate of drug-likeness (QED) is 0.515. The molecule has 1 fully saturated rings. The van der Waals surface area contributed by atoms with Crippen molar-refractivity contribution in [3.8, 4) is 0 Å². The minimum Gasteiger partial charge on any atom is -0.375 e. The molecule has 174 valence electrons. The van der Waals surface area contributed by atoms with Crippen LogP contribution in [0.5, 0.6) is 0 Å². The molecule has 1 atom stereocenters. The number of aromatic nitrogens is 1. The third-order valence-electron chi connectivity index (χ3n) is 6.13. The SMILES string of the molecule is CN(CCCNC(=O)C1CCCN(S(=O)(=O)c2cccc3cccnc23)C1)c1ccccc1. The highest BCUT2D eigenvalue weighted by molar-refractivity contribution is 7.89. The number of para-hydroxylation sites is 2. The van der Waals surface area contributed by atoms with E-state index in [1.54, 1.807) is 24.4 Å². The lowest BCUT2D eigenvalue weighted by molar-refractivity contribution is -0.126. The lowest BCUT2D eigenvalue weighted by Crippen LogP contribution is -2.45. The van der Waals surface area contributed by atoms with Gasteiger partial charge in [-0.05, 0) is 43.5 Å². The fourth-order valence-electron chi connectivity index (χ4n) is 4.28. The van der Waals surface area contributed by atoms with Gasteiger partial charge in [-0.2, -0.15) is 4.31 Å². The van der Waals surface area contributed by atoms with E-state index in [1.165, 1.54) is 4.31 Å². The van der Waals surface area contributed by atoms with Crippen molar-refractivity contribution in [2.75, 3.05) is 38.1 Å². The van der Waals surface area contributed by atoms with Crippen LogP contribution in [0.25, 0.3) is 10.9 Å². The third-order valence-corrected chi connectivity index (χ3v) is 8.03. The fraction of sp³-hybridized carbons (Fsp3) is 0.360. The molecule has 7 nitrogen and oxygen atoms in total. The van der Waals surface area contributed by atoms with Crippen molar-refractivity contribution in [3.63, 3.8) is 0 Å². The molecule has 0 spiro atoms. The number of nitrogens with one attached hydrogen (secondary N) is 1. The number of amides is 1. The molecule has 1 amide bonds. The van der Waals surface area contributed by atoms with Crippen LogP contribution in [0.2, 0.25) is 0 Å². The van der Waals surface area contributed by atoms with Crippen LogP contribution in [0.3, 0.4) is 0 Å². The van der Waals surface area contributed by atoms with Crippen molar-refractivity contribution < 1.29 is 13.2 Å². The Hall–Kier alpha value is -2.97. The van der Waals surface area contributed by atoms with Crippen LogP contribution in [0.15, 0.2) is 71.8 Å². The minimum atomic E-state index is -3.74. The Morgan fingerprint density at radius 2 is 1.91 bits per heavy atom. The summed E-state index contributed by atoms with van der Waals surface area (Å²) in [6.07, 6.45) is 3.76. The summed E-state index contributed by atoms with van der Waals surface area (Å²) < 4.78 is 28.2. The summed E-state index contributed by atoms with van der Waals surface area (Å²) in [4.78, 5) is 19.4. The molecule has 0 bridgehead atoms. The monoisotopic (exact) mass is 466 g/mol. The number of benzene rings is 2. The van der Waals surface area contributed by atoms with E-state index in [2.05, 4.69) is 27.3 Å². The number of carbonyl (C=O) groups is 1. The van der Waals surface area contributed by atoms with Crippen molar-refractivity contribution in [1.29, 1.82) is 0 Å². The molecule has 1 aliphatic rings. The predicted octanol–water partition coefficient (Wildman–Crippen LogP) is 3.28. The number of fused-ring (bicyclic) bond motifs is 1. The first-order valence-corrected chi connectivity index (χ1v) is 12.8. The van der Waals surface area contributed by atoms with Gasteiger partial charge < -0.3 is 10.2 Å². The molecule has 1 unspecified atom stereocenters. The molecule has 33 heavy (non-hydrogen) atoms. The fourth-order valence-corrected chi connectivity index (χ4v) is 5.97. The van der Waals surface area contributed by atoms with E-state index >= 15 is 0 Å². The van der Waals surface area contributed by atoms with Gasteiger partial charge in [0.15, 0.2) is 0 Å². The number of rotatable bonds is 8. The summed E-state index contributed by atoms with van der Waals surface area (Å²) in [5.74, 6) is -0.420. The van der Waals surface area contributed by atoms with Gasteiger partial charge in [0.05, 0.1) is 11.4 Å². The first kappa shape index (κ1) is 23.2. The molecule has 0 saturated carbocycles. The average Bonchev–Trinajstić information content (AvgIpc) is 2.86. The average molecular weight is 467 g/mol. The van der Waals surface area contributed by atoms with Crippen LogP contribution in [-0.2, 0) is 14.8 Å². The minimum absolute atomic E-state index is 0.0756. The van der Waals surface area contributed by atoms with E-state index in [9.17, 15) is 13.2 Å². The zero-order valence-electron chi connectivity index (χ0n) is 18.9. The second-order valence-corrected chi connectivity index (χ2v) is 10.3. The smallest absolute Gasteiger partial charge is 0.245 e. The van der Waals surface area contributed by atoms with Crippen molar-refractivity contribution in [2.45, 2.75) is 24.2 Å². The Morgan fingerprint density at radius 1 is 1.12 bits per heavy atom. The Bertz CT molecular complexity index is 1200. The van der Waals surface area contributed by atoms with E-state index < -0.39 is 10.0 Å². The number of carbonyl (C=O) groups excluding carboxylic acids is 1. The van der Waals surface area contributed by atoms with Crippen LogP contribution in [0.4, 0.5) is 5.69 Å². The molecule has 2 aromatic carbocycles. The molecule has 8 heteroatoms. The Kier molecular flexibility index (Phi) is 7.25. The van der Waals surface area contributed by atoms with E-state index in [0.717, 1.165) is 24.0 Å². The van der Waals surface area contributed by atoms with Crippen LogP contribution in [0, 0.1) is 5.92 Å². The Balaban J connectivity index is 1.34. The molecule has 1 aromatic heterocycles. The van der Waals surface area contributed by atoms with Crippen LogP contribution < -0.4 is 10.2 Å². The van der Waals surface area contributed by atoms with E-state index in [0.29, 0.717) is 31.4 Å². The first-order chi connectivity index (χ1) is 16.0. The molecular weight excluding hydrogens is 436 g/mol. The molecule has 4 rings (SSSR count). The third kappa shape index (κ3) is 5.34. The van der Waals surface area contributed by atoms with Gasteiger partial charge in [-0.3, -0.25) is 9.78 Å². The van der Waals surface area contributed by atoms with Crippen molar-refractivity contribution >= 4 is 32.5 Å². The van der Waals surface area contributed by atoms with Gasteiger partial charge in [0.25, 0.3) is 0 Å². The Labute approximate surface area is 195 Å². The molecule has 2 heterocycles. The predicted molar refractivity (Wildman–Crippen MR) is 131 cm³/mol. The molecule has 0 aliphatic carbocycles. The number of anilines is 1. The van der Waals surface area contributed by atoms with Crippen LogP contribution in [-0.4, -0.2) is 56.8 Å². The highest BCUT2D eigenvalue weighted by atomic mass is 32.2. The summed E-state index contributed by atoms with van der Waals surface area (Å²) in [6, 6.07) is 18.9. The summed E-state index contributed by atoms with van der Waals surface area (Å²) in [5.41, 5.74) is 1.61. The van der Waals surface area contributed by atoms with E-state index in [1.807, 2.05) is 37.4 Å². The summed E-state index contributed by atoms with van der Waals surface area (Å²) in [7, 11) is -1.71. The molecule has 1 saturated heterocycles. The molecule has 1 N–H and O–H groups in total.